The van der Waals surface area contributed by atoms with E-state index in [-0.39, 0.29) is 24.8 Å². The number of anilines is 1. The SMILES string of the molecule is Cn1ncc2cc(CC3CCN(c4ccc(CN5CCC(O)(c6ccc7c(n6)CN(C6CCC(=O)NC6=O)C7=O)CC5)cc4)CC3)ccc21. The first-order chi connectivity index (χ1) is 23.7. The summed E-state index contributed by atoms with van der Waals surface area (Å²) in [7, 11) is 1.99. The number of benzene rings is 2. The zero-order valence-electron chi connectivity index (χ0n) is 28.0. The van der Waals surface area contributed by atoms with Crippen molar-refractivity contribution >= 4 is 34.3 Å². The fourth-order valence-corrected chi connectivity index (χ4v) is 8.17. The summed E-state index contributed by atoms with van der Waals surface area (Å²) >= 11 is 0. The minimum absolute atomic E-state index is 0.202. The van der Waals surface area contributed by atoms with E-state index >= 15 is 0 Å². The number of nitrogens with zero attached hydrogens (tertiary/aromatic N) is 6. The molecule has 0 saturated carbocycles. The number of rotatable bonds is 7. The summed E-state index contributed by atoms with van der Waals surface area (Å²) in [6, 6.07) is 18.5. The van der Waals surface area contributed by atoms with E-state index in [1.165, 1.54) is 45.5 Å². The van der Waals surface area contributed by atoms with Gasteiger partial charge >= 0.3 is 0 Å². The van der Waals surface area contributed by atoms with Crippen LogP contribution in [0.15, 0.2) is 60.8 Å². The first-order valence-corrected chi connectivity index (χ1v) is 17.6. The minimum Gasteiger partial charge on any atom is -0.383 e. The van der Waals surface area contributed by atoms with Gasteiger partial charge in [-0.2, -0.15) is 5.10 Å². The molecule has 254 valence electrons. The van der Waals surface area contributed by atoms with Crippen molar-refractivity contribution in [3.05, 3.63) is 88.9 Å². The Hall–Kier alpha value is -4.61. The van der Waals surface area contributed by atoms with Crippen LogP contribution in [0.25, 0.3) is 10.9 Å². The molecule has 11 heteroatoms. The maximum atomic E-state index is 13.1. The van der Waals surface area contributed by atoms with Crippen LogP contribution in [-0.4, -0.2) is 79.6 Å². The number of aryl methyl sites for hydroxylation is 1. The molecule has 2 aromatic carbocycles. The van der Waals surface area contributed by atoms with Crippen molar-refractivity contribution < 1.29 is 19.5 Å². The van der Waals surface area contributed by atoms with Gasteiger partial charge in [-0.1, -0.05) is 18.2 Å². The number of carbonyl (C=O) groups excluding carboxylic acids is 3. The summed E-state index contributed by atoms with van der Waals surface area (Å²) in [4.78, 5) is 48.2. The van der Waals surface area contributed by atoms with Gasteiger partial charge in [0.15, 0.2) is 0 Å². The van der Waals surface area contributed by atoms with Crippen molar-refractivity contribution in [2.24, 2.45) is 13.0 Å². The van der Waals surface area contributed by atoms with Crippen LogP contribution in [0, 0.1) is 5.92 Å². The zero-order valence-corrected chi connectivity index (χ0v) is 28.0. The summed E-state index contributed by atoms with van der Waals surface area (Å²) in [6.07, 6.45) is 7.07. The van der Waals surface area contributed by atoms with Crippen molar-refractivity contribution in [3.8, 4) is 0 Å². The van der Waals surface area contributed by atoms with E-state index in [4.69, 9.17) is 4.98 Å². The topological polar surface area (TPSA) is 124 Å². The molecule has 11 nitrogen and oxygen atoms in total. The van der Waals surface area contributed by atoms with Crippen LogP contribution in [0.5, 0.6) is 0 Å². The molecule has 2 aromatic heterocycles. The predicted octanol–water partition coefficient (Wildman–Crippen LogP) is 3.67. The normalized spacial score (nSPS) is 21.8. The molecule has 1 atom stereocenters. The highest BCUT2D eigenvalue weighted by atomic mass is 16.3. The van der Waals surface area contributed by atoms with E-state index in [9.17, 15) is 19.5 Å². The molecule has 4 aliphatic rings. The van der Waals surface area contributed by atoms with E-state index in [2.05, 4.69) is 62.7 Å². The molecular weight excluding hydrogens is 618 g/mol. The number of nitrogens with one attached hydrogen (secondary N) is 1. The molecule has 0 bridgehead atoms. The number of imide groups is 1. The maximum absolute atomic E-state index is 13.1. The van der Waals surface area contributed by atoms with Gasteiger partial charge in [0, 0.05) is 57.3 Å². The molecule has 2 N–H and O–H groups in total. The monoisotopic (exact) mass is 661 g/mol. The highest BCUT2D eigenvalue weighted by molar-refractivity contribution is 6.05. The second-order valence-corrected chi connectivity index (χ2v) is 14.4. The molecule has 1 unspecified atom stereocenters. The van der Waals surface area contributed by atoms with Gasteiger partial charge in [0.1, 0.15) is 11.6 Å². The maximum Gasteiger partial charge on any atom is 0.256 e. The Kier molecular flexibility index (Phi) is 8.19. The average molecular weight is 662 g/mol. The Balaban J connectivity index is 0.823. The Morgan fingerprint density at radius 1 is 0.918 bits per heavy atom. The van der Waals surface area contributed by atoms with E-state index in [1.54, 1.807) is 12.1 Å². The largest absolute Gasteiger partial charge is 0.383 e. The van der Waals surface area contributed by atoms with Crippen molar-refractivity contribution in [2.75, 3.05) is 31.1 Å². The number of fused-ring (bicyclic) bond motifs is 2. The van der Waals surface area contributed by atoms with Gasteiger partial charge in [0.25, 0.3) is 5.91 Å². The lowest BCUT2D eigenvalue weighted by Gasteiger charge is -2.38. The van der Waals surface area contributed by atoms with Gasteiger partial charge in [-0.05, 0) is 92.0 Å². The molecule has 49 heavy (non-hydrogen) atoms. The number of amides is 3. The molecule has 3 saturated heterocycles. The number of aromatic nitrogens is 3. The highest BCUT2D eigenvalue weighted by Crippen LogP contribution is 2.35. The third-order valence-corrected chi connectivity index (χ3v) is 11.2. The van der Waals surface area contributed by atoms with Crippen molar-refractivity contribution in [1.82, 2.24) is 29.9 Å². The average Bonchev–Trinajstić information content (AvgIpc) is 3.64. The first kappa shape index (κ1) is 31.6. The van der Waals surface area contributed by atoms with Gasteiger partial charge < -0.3 is 14.9 Å². The number of pyridine rings is 1. The second-order valence-electron chi connectivity index (χ2n) is 14.4. The van der Waals surface area contributed by atoms with E-state index in [0.717, 1.165) is 39.1 Å². The highest BCUT2D eigenvalue weighted by Gasteiger charge is 2.41. The van der Waals surface area contributed by atoms with Crippen LogP contribution in [-0.2, 0) is 41.7 Å². The van der Waals surface area contributed by atoms with E-state index in [1.807, 2.05) is 17.9 Å². The third kappa shape index (κ3) is 6.21. The van der Waals surface area contributed by atoms with Gasteiger partial charge in [-0.25, -0.2) is 0 Å². The van der Waals surface area contributed by atoms with Crippen LogP contribution in [0.2, 0.25) is 0 Å². The number of aliphatic hydroxyl groups is 1. The molecule has 0 spiro atoms. The molecule has 0 aliphatic carbocycles. The van der Waals surface area contributed by atoms with Gasteiger partial charge in [0.2, 0.25) is 11.8 Å². The summed E-state index contributed by atoms with van der Waals surface area (Å²) < 4.78 is 1.93. The molecule has 8 rings (SSSR count). The van der Waals surface area contributed by atoms with Crippen LogP contribution < -0.4 is 10.2 Å². The quantitative estimate of drug-likeness (QED) is 0.288. The lowest BCUT2D eigenvalue weighted by molar-refractivity contribution is -0.136. The number of carbonyl (C=O) groups is 3. The fraction of sp³-hybridized carbons (Fsp3) is 0.447. The van der Waals surface area contributed by atoms with Crippen molar-refractivity contribution in [3.63, 3.8) is 0 Å². The van der Waals surface area contributed by atoms with Crippen LogP contribution >= 0.6 is 0 Å². The summed E-state index contributed by atoms with van der Waals surface area (Å²) in [5.41, 5.74) is 5.67. The molecular formula is C38H43N7O4. The Bertz CT molecular complexity index is 1900. The number of hydrogen-bond acceptors (Lipinski definition) is 8. The lowest BCUT2D eigenvalue weighted by atomic mass is 9.87. The molecule has 6 heterocycles. The fourth-order valence-electron chi connectivity index (χ4n) is 8.17. The minimum atomic E-state index is -1.07. The second kappa shape index (κ2) is 12.7. The third-order valence-electron chi connectivity index (χ3n) is 11.2. The number of likely N-dealkylation sites (tertiary alicyclic amines) is 1. The van der Waals surface area contributed by atoms with Crippen molar-refractivity contribution in [1.29, 1.82) is 0 Å². The Labute approximate surface area is 285 Å². The summed E-state index contributed by atoms with van der Waals surface area (Å²) in [6.45, 7) is 4.65. The lowest BCUT2D eigenvalue weighted by Crippen LogP contribution is -2.52. The zero-order chi connectivity index (χ0) is 33.7. The van der Waals surface area contributed by atoms with E-state index < -0.39 is 17.6 Å². The standard InChI is InChI=1S/C38H43N7O4/c1-42-32-8-4-27(21-28(32)22-39-42)20-25-12-16-44(17-13-25)29-5-2-26(3-6-29)23-43-18-14-38(49,15-19-43)34-10-7-30-31(40-34)24-45(37(30)48)33-9-11-35(46)41-36(33)47/h2-8,10,21-22,25,33,49H,9,11-20,23-24H2,1H3,(H,41,46,47). The predicted molar refractivity (Wildman–Crippen MR) is 184 cm³/mol. The van der Waals surface area contributed by atoms with Crippen molar-refractivity contribution in [2.45, 2.75) is 69.7 Å². The molecule has 3 amide bonds. The van der Waals surface area contributed by atoms with Crippen LogP contribution in [0.4, 0.5) is 5.69 Å². The smallest absolute Gasteiger partial charge is 0.256 e. The number of hydrogen-bond donors (Lipinski definition) is 2. The summed E-state index contributed by atoms with van der Waals surface area (Å²) in [5.74, 6) is -0.306. The molecule has 4 aromatic rings. The molecule has 4 aliphatic heterocycles. The molecule has 0 radical (unpaired) electrons. The van der Waals surface area contributed by atoms with Gasteiger partial charge in [-0.3, -0.25) is 34.3 Å². The van der Waals surface area contributed by atoms with Crippen LogP contribution in [0.3, 0.4) is 0 Å². The Morgan fingerprint density at radius 3 is 2.43 bits per heavy atom. The van der Waals surface area contributed by atoms with Gasteiger partial charge in [-0.15, -0.1) is 0 Å². The van der Waals surface area contributed by atoms with Gasteiger partial charge in [0.05, 0.1) is 35.2 Å². The van der Waals surface area contributed by atoms with E-state index in [0.29, 0.717) is 42.1 Å². The van der Waals surface area contributed by atoms with Crippen LogP contribution in [0.1, 0.15) is 71.4 Å². The Morgan fingerprint density at radius 2 is 1.67 bits per heavy atom. The first-order valence-electron chi connectivity index (χ1n) is 17.6. The summed E-state index contributed by atoms with van der Waals surface area (Å²) in [5, 5.41) is 19.6. The molecule has 3 fully saturated rings. The number of piperidine rings is 3.